The molecule has 1 fully saturated rings. The monoisotopic (exact) mass is 351 g/mol. The van der Waals surface area contributed by atoms with Crippen molar-refractivity contribution in [3.63, 3.8) is 0 Å². The molecule has 26 heavy (non-hydrogen) atoms. The summed E-state index contributed by atoms with van der Waals surface area (Å²) in [6.45, 7) is -0.450. The third-order valence-electron chi connectivity index (χ3n) is 4.63. The predicted molar refractivity (Wildman–Crippen MR) is 98.3 cm³/mol. The Balaban J connectivity index is 1.49. The number of benzene rings is 2. The molecule has 5 rings (SSSR count). The number of hydrogen-bond acceptors (Lipinski definition) is 4. The topological polar surface area (TPSA) is 56.8 Å². The first kappa shape index (κ1) is 15.1. The van der Waals surface area contributed by atoms with Gasteiger partial charge in [-0.15, -0.1) is 0 Å². The van der Waals surface area contributed by atoms with Gasteiger partial charge in [-0.05, 0) is 35.7 Å². The predicted octanol–water partition coefficient (Wildman–Crippen LogP) is 4.31. The molecule has 2 aromatic heterocycles. The zero-order chi connectivity index (χ0) is 17.7. The minimum atomic E-state index is -2.59. The summed E-state index contributed by atoms with van der Waals surface area (Å²) in [6.07, 6.45) is 1.72. The van der Waals surface area contributed by atoms with Gasteiger partial charge in [-0.1, -0.05) is 18.2 Å². The van der Waals surface area contributed by atoms with E-state index in [0.717, 1.165) is 33.2 Å². The quantitative estimate of drug-likeness (QED) is 0.577. The number of hydrogen-bond donors (Lipinski definition) is 2. The Kier molecular flexibility index (Phi) is 3.12. The second-order valence-corrected chi connectivity index (χ2v) is 6.52. The first-order chi connectivity index (χ1) is 12.6. The van der Waals surface area contributed by atoms with E-state index in [0.29, 0.717) is 5.82 Å². The van der Waals surface area contributed by atoms with Crippen molar-refractivity contribution in [3.8, 4) is 0 Å². The van der Waals surface area contributed by atoms with Crippen LogP contribution in [0.1, 0.15) is 0 Å². The lowest BCUT2D eigenvalue weighted by atomic mass is 10.0. The van der Waals surface area contributed by atoms with E-state index >= 15 is 0 Å². The Morgan fingerprint density at radius 3 is 2.81 bits per heavy atom. The number of nitrogens with zero attached hydrogens (tertiary/aromatic N) is 3. The number of pyridine rings is 1. The van der Waals surface area contributed by atoms with Gasteiger partial charge in [-0.2, -0.15) is 5.10 Å². The van der Waals surface area contributed by atoms with Gasteiger partial charge >= 0.3 is 0 Å². The zero-order valence-electron chi connectivity index (χ0n) is 13.7. The first-order valence-corrected chi connectivity index (χ1v) is 8.31. The summed E-state index contributed by atoms with van der Waals surface area (Å²) >= 11 is 0. The van der Waals surface area contributed by atoms with Gasteiger partial charge in [0.1, 0.15) is 5.52 Å². The van der Waals surface area contributed by atoms with Crippen LogP contribution in [0.5, 0.6) is 0 Å². The number of aromatic nitrogens is 3. The molecule has 7 heteroatoms. The van der Waals surface area contributed by atoms with Crippen LogP contribution < -0.4 is 10.2 Å². The second-order valence-electron chi connectivity index (χ2n) is 6.52. The third-order valence-corrected chi connectivity index (χ3v) is 4.63. The third kappa shape index (κ3) is 2.44. The van der Waals surface area contributed by atoms with Crippen LogP contribution in [0.2, 0.25) is 0 Å². The van der Waals surface area contributed by atoms with Gasteiger partial charge in [0.25, 0.3) is 5.92 Å². The fourth-order valence-corrected chi connectivity index (χ4v) is 3.38. The summed E-state index contributed by atoms with van der Waals surface area (Å²) in [5.41, 5.74) is 3.33. The molecule has 0 spiro atoms. The largest absolute Gasteiger partial charge is 0.359 e. The summed E-state index contributed by atoms with van der Waals surface area (Å²) in [7, 11) is 0. The Labute approximate surface area is 147 Å². The summed E-state index contributed by atoms with van der Waals surface area (Å²) in [5, 5.41) is 12.4. The fourth-order valence-electron chi connectivity index (χ4n) is 3.38. The van der Waals surface area contributed by atoms with E-state index in [1.807, 2.05) is 48.5 Å². The molecule has 0 radical (unpaired) electrons. The van der Waals surface area contributed by atoms with Gasteiger partial charge in [-0.25, -0.2) is 8.78 Å². The van der Waals surface area contributed by atoms with Crippen LogP contribution in [0, 0.1) is 0 Å². The smallest absolute Gasteiger partial charge is 0.282 e. The average Bonchev–Trinajstić information content (AvgIpc) is 3.02. The molecule has 2 aromatic carbocycles. The minimum Gasteiger partial charge on any atom is -0.359 e. The van der Waals surface area contributed by atoms with Crippen LogP contribution in [-0.4, -0.2) is 34.2 Å². The molecule has 4 aromatic rings. The maximum Gasteiger partial charge on any atom is 0.282 e. The van der Waals surface area contributed by atoms with E-state index < -0.39 is 5.92 Å². The molecule has 0 bridgehead atoms. The summed E-state index contributed by atoms with van der Waals surface area (Å²) in [4.78, 5) is 6.04. The van der Waals surface area contributed by atoms with Crippen LogP contribution >= 0.6 is 0 Å². The highest BCUT2D eigenvalue weighted by molar-refractivity contribution is 5.97. The van der Waals surface area contributed by atoms with Crippen molar-refractivity contribution in [3.05, 3.63) is 54.7 Å². The molecular weight excluding hydrogens is 336 g/mol. The lowest BCUT2D eigenvalue weighted by Crippen LogP contribution is -2.56. The van der Waals surface area contributed by atoms with Crippen LogP contribution in [0.4, 0.5) is 26.0 Å². The lowest BCUT2D eigenvalue weighted by molar-refractivity contribution is -0.0261. The zero-order valence-corrected chi connectivity index (χ0v) is 13.7. The van der Waals surface area contributed by atoms with Crippen LogP contribution in [-0.2, 0) is 0 Å². The number of nitrogens with one attached hydrogen (secondary N) is 2. The van der Waals surface area contributed by atoms with E-state index in [1.165, 1.54) is 0 Å². The van der Waals surface area contributed by atoms with Gasteiger partial charge in [0.05, 0.1) is 18.6 Å². The van der Waals surface area contributed by atoms with Gasteiger partial charge in [0.2, 0.25) is 0 Å². The van der Waals surface area contributed by atoms with Crippen LogP contribution in [0.3, 0.4) is 0 Å². The Morgan fingerprint density at radius 1 is 1.08 bits per heavy atom. The molecule has 5 nitrogen and oxygen atoms in total. The number of rotatable bonds is 3. The molecule has 0 amide bonds. The van der Waals surface area contributed by atoms with E-state index in [2.05, 4.69) is 20.5 Å². The number of alkyl halides is 2. The van der Waals surface area contributed by atoms with Crippen LogP contribution in [0.15, 0.2) is 54.7 Å². The van der Waals surface area contributed by atoms with Gasteiger partial charge in [0, 0.05) is 23.0 Å². The van der Waals surface area contributed by atoms with Crippen molar-refractivity contribution >= 4 is 39.0 Å². The number of anilines is 3. The molecule has 1 aliphatic rings. The van der Waals surface area contributed by atoms with E-state index in [4.69, 9.17) is 0 Å². The summed E-state index contributed by atoms with van der Waals surface area (Å²) < 4.78 is 26.4. The second kappa shape index (κ2) is 5.39. The number of aromatic amines is 1. The van der Waals surface area contributed by atoms with Crippen molar-refractivity contribution in [2.45, 2.75) is 5.92 Å². The molecule has 1 saturated heterocycles. The van der Waals surface area contributed by atoms with E-state index in [1.54, 1.807) is 11.1 Å². The molecule has 0 aliphatic carbocycles. The highest BCUT2D eigenvalue weighted by atomic mass is 19.3. The molecule has 0 atom stereocenters. The van der Waals surface area contributed by atoms with Crippen molar-refractivity contribution in [2.75, 3.05) is 23.3 Å². The van der Waals surface area contributed by atoms with Crippen molar-refractivity contribution in [2.24, 2.45) is 0 Å². The van der Waals surface area contributed by atoms with Crippen molar-refractivity contribution in [1.29, 1.82) is 0 Å². The SMILES string of the molecule is FC1(F)CN(c2cccc3cc(Nc4n[nH]c5cccnc45)ccc23)C1. The normalized spacial score (nSPS) is 16.0. The molecule has 0 unspecified atom stereocenters. The number of halogens is 2. The molecule has 2 N–H and O–H groups in total. The Morgan fingerprint density at radius 2 is 1.96 bits per heavy atom. The van der Waals surface area contributed by atoms with Crippen molar-refractivity contribution in [1.82, 2.24) is 15.2 Å². The van der Waals surface area contributed by atoms with Crippen molar-refractivity contribution < 1.29 is 8.78 Å². The van der Waals surface area contributed by atoms with Gasteiger partial charge < -0.3 is 10.2 Å². The summed E-state index contributed by atoms with van der Waals surface area (Å²) in [6, 6.07) is 15.4. The Bertz CT molecular complexity index is 1110. The fraction of sp³-hybridized carbons (Fsp3) is 0.158. The average molecular weight is 351 g/mol. The van der Waals surface area contributed by atoms with E-state index in [-0.39, 0.29) is 13.1 Å². The standard InChI is InChI=1S/C19H15F2N5/c20-19(21)10-26(11-19)16-5-1-3-12-9-13(6-7-14(12)16)23-18-17-15(24-25-18)4-2-8-22-17/h1-9H,10-11H2,(H2,23,24,25). The molecule has 1 aliphatic heterocycles. The van der Waals surface area contributed by atoms with Gasteiger partial charge in [-0.3, -0.25) is 10.1 Å². The maximum atomic E-state index is 13.2. The highest BCUT2D eigenvalue weighted by Gasteiger charge is 2.44. The van der Waals surface area contributed by atoms with Gasteiger partial charge in [0.15, 0.2) is 5.82 Å². The molecule has 130 valence electrons. The molecular formula is C19H15F2N5. The Hall–Kier alpha value is -3.22. The maximum absolute atomic E-state index is 13.2. The number of fused-ring (bicyclic) bond motifs is 2. The highest BCUT2D eigenvalue weighted by Crippen LogP contribution is 2.37. The molecule has 3 heterocycles. The molecule has 0 saturated carbocycles. The van der Waals surface area contributed by atoms with Crippen LogP contribution in [0.25, 0.3) is 21.8 Å². The first-order valence-electron chi connectivity index (χ1n) is 8.31. The number of H-pyrrole nitrogens is 1. The van der Waals surface area contributed by atoms with E-state index in [9.17, 15) is 8.78 Å². The lowest BCUT2D eigenvalue weighted by Gasteiger charge is -2.41. The minimum absolute atomic E-state index is 0.225. The summed E-state index contributed by atoms with van der Waals surface area (Å²) in [5.74, 6) is -1.93.